The first-order valence-electron chi connectivity index (χ1n) is 9.87. The van der Waals surface area contributed by atoms with Crippen LogP contribution in [0.2, 0.25) is 0 Å². The van der Waals surface area contributed by atoms with Gasteiger partial charge < -0.3 is 5.32 Å². The molecule has 146 valence electrons. The first kappa shape index (κ1) is 20.7. The molecule has 1 aromatic carbocycles. The van der Waals surface area contributed by atoms with E-state index in [1.54, 1.807) is 12.1 Å². The normalized spacial score (nSPS) is 18.3. The molecule has 0 unspecified atom stereocenters. The van der Waals surface area contributed by atoms with Crippen LogP contribution < -0.4 is 10.0 Å². The van der Waals surface area contributed by atoms with Gasteiger partial charge in [0.1, 0.15) is 0 Å². The van der Waals surface area contributed by atoms with Crippen molar-refractivity contribution in [2.45, 2.75) is 88.5 Å². The summed E-state index contributed by atoms with van der Waals surface area (Å²) in [6.07, 6.45) is 12.8. The van der Waals surface area contributed by atoms with Crippen molar-refractivity contribution in [3.63, 3.8) is 0 Å². The monoisotopic (exact) mass is 380 g/mol. The first-order chi connectivity index (χ1) is 12.5. The molecule has 1 aliphatic rings. The van der Waals surface area contributed by atoms with Gasteiger partial charge in [-0.2, -0.15) is 0 Å². The number of hydrogen-bond acceptors (Lipinski definition) is 3. The molecule has 6 heteroatoms. The third-order valence-electron chi connectivity index (χ3n) is 5.00. The maximum absolute atomic E-state index is 12.3. The lowest BCUT2D eigenvalue weighted by Gasteiger charge is -2.20. The highest BCUT2D eigenvalue weighted by Gasteiger charge is 2.19. The zero-order chi connectivity index (χ0) is 18.8. The molecular formula is C20H32N2O3S. The Balaban J connectivity index is 1.89. The molecule has 1 aromatic rings. The summed E-state index contributed by atoms with van der Waals surface area (Å²) in [5, 5.41) is 2.88. The van der Waals surface area contributed by atoms with E-state index >= 15 is 0 Å². The van der Waals surface area contributed by atoms with Crippen molar-refractivity contribution in [3.05, 3.63) is 29.8 Å². The molecule has 0 spiro atoms. The van der Waals surface area contributed by atoms with Gasteiger partial charge in [0.15, 0.2) is 0 Å². The van der Waals surface area contributed by atoms with E-state index in [0.717, 1.165) is 31.2 Å². The lowest BCUT2D eigenvalue weighted by Crippen LogP contribution is -2.44. The molecular weight excluding hydrogens is 348 g/mol. The van der Waals surface area contributed by atoms with Gasteiger partial charge in [0, 0.05) is 6.04 Å². The summed E-state index contributed by atoms with van der Waals surface area (Å²) < 4.78 is 26.8. The molecule has 0 aliphatic heterocycles. The Labute approximate surface area is 158 Å². The largest absolute Gasteiger partial charge is 0.335 e. The van der Waals surface area contributed by atoms with E-state index in [1.165, 1.54) is 57.1 Å². The van der Waals surface area contributed by atoms with Crippen molar-refractivity contribution < 1.29 is 13.2 Å². The highest BCUT2D eigenvalue weighted by molar-refractivity contribution is 7.90. The maximum Gasteiger partial charge on any atom is 0.328 e. The van der Waals surface area contributed by atoms with E-state index in [1.807, 2.05) is 6.92 Å². The Morgan fingerprint density at radius 1 is 0.846 bits per heavy atom. The highest BCUT2D eigenvalue weighted by atomic mass is 32.2. The predicted molar refractivity (Wildman–Crippen MR) is 105 cm³/mol. The Hall–Kier alpha value is -1.56. The lowest BCUT2D eigenvalue weighted by molar-refractivity contribution is 0.239. The Morgan fingerprint density at radius 3 is 1.81 bits per heavy atom. The molecule has 1 aliphatic carbocycles. The number of hydrogen-bond donors (Lipinski definition) is 2. The minimum absolute atomic E-state index is 0.0441. The van der Waals surface area contributed by atoms with Crippen LogP contribution in [-0.2, 0) is 10.0 Å². The fourth-order valence-corrected chi connectivity index (χ4v) is 4.34. The summed E-state index contributed by atoms with van der Waals surface area (Å²) in [4.78, 5) is 12.3. The quantitative estimate of drug-likeness (QED) is 0.801. The van der Waals surface area contributed by atoms with Crippen LogP contribution in [0.25, 0.3) is 0 Å². The molecule has 0 saturated heterocycles. The second-order valence-corrected chi connectivity index (χ2v) is 9.03. The fourth-order valence-electron chi connectivity index (χ4n) is 3.42. The van der Waals surface area contributed by atoms with Gasteiger partial charge in [0.2, 0.25) is 0 Å². The molecule has 1 saturated carbocycles. The summed E-state index contributed by atoms with van der Waals surface area (Å²) in [6, 6.07) is 5.89. The van der Waals surface area contributed by atoms with E-state index in [-0.39, 0.29) is 10.9 Å². The van der Waals surface area contributed by atoms with Crippen molar-refractivity contribution in [2.24, 2.45) is 0 Å². The molecule has 5 nitrogen and oxygen atoms in total. The van der Waals surface area contributed by atoms with Gasteiger partial charge in [-0.25, -0.2) is 17.9 Å². The van der Waals surface area contributed by atoms with Crippen molar-refractivity contribution in [1.29, 1.82) is 0 Å². The first-order valence-corrected chi connectivity index (χ1v) is 11.4. The summed E-state index contributed by atoms with van der Waals surface area (Å²) in [5.74, 6) is 0. The topological polar surface area (TPSA) is 75.3 Å². The summed E-state index contributed by atoms with van der Waals surface area (Å²) in [6.45, 7) is 1.89. The molecule has 0 heterocycles. The standard InChI is InChI=1S/C20H32N2O3S/c1-17-13-15-19(16-14-17)26(24,25)22-20(23)21-18-11-9-7-5-3-2-4-6-8-10-12-18/h13-16,18H,2-12H2,1H3,(H2,21,22,23). The minimum Gasteiger partial charge on any atom is -0.335 e. The zero-order valence-corrected chi connectivity index (χ0v) is 16.6. The van der Waals surface area contributed by atoms with Crippen molar-refractivity contribution in [2.75, 3.05) is 0 Å². The van der Waals surface area contributed by atoms with Crippen molar-refractivity contribution >= 4 is 16.1 Å². The number of amides is 2. The summed E-state index contributed by atoms with van der Waals surface area (Å²) in [5.41, 5.74) is 0.974. The van der Waals surface area contributed by atoms with Crippen LogP contribution in [0.15, 0.2) is 29.2 Å². The van der Waals surface area contributed by atoms with Crippen LogP contribution in [0.1, 0.15) is 76.2 Å². The lowest BCUT2D eigenvalue weighted by atomic mass is 9.98. The zero-order valence-electron chi connectivity index (χ0n) is 15.8. The van der Waals surface area contributed by atoms with Gasteiger partial charge in [-0.3, -0.25) is 0 Å². The highest BCUT2D eigenvalue weighted by Crippen LogP contribution is 2.17. The van der Waals surface area contributed by atoms with Crippen LogP contribution in [0.4, 0.5) is 4.79 Å². The second-order valence-electron chi connectivity index (χ2n) is 7.35. The minimum atomic E-state index is -3.83. The molecule has 2 rings (SSSR count). The fraction of sp³-hybridized carbons (Fsp3) is 0.650. The molecule has 0 radical (unpaired) electrons. The van der Waals surface area contributed by atoms with Gasteiger partial charge in [0.05, 0.1) is 4.90 Å². The van der Waals surface area contributed by atoms with E-state index in [9.17, 15) is 13.2 Å². The third kappa shape index (κ3) is 7.36. The van der Waals surface area contributed by atoms with E-state index < -0.39 is 16.1 Å². The van der Waals surface area contributed by atoms with E-state index in [2.05, 4.69) is 10.0 Å². The van der Waals surface area contributed by atoms with Gasteiger partial charge in [-0.05, 0) is 31.9 Å². The molecule has 2 N–H and O–H groups in total. The van der Waals surface area contributed by atoms with Crippen LogP contribution in [-0.4, -0.2) is 20.5 Å². The third-order valence-corrected chi connectivity index (χ3v) is 6.35. The van der Waals surface area contributed by atoms with Gasteiger partial charge in [-0.1, -0.05) is 75.5 Å². The molecule has 1 fully saturated rings. The number of urea groups is 1. The number of carbonyl (C=O) groups is 1. The smallest absolute Gasteiger partial charge is 0.328 e. The number of aryl methyl sites for hydroxylation is 1. The molecule has 0 atom stereocenters. The van der Waals surface area contributed by atoms with Gasteiger partial charge >= 0.3 is 6.03 Å². The molecule has 26 heavy (non-hydrogen) atoms. The van der Waals surface area contributed by atoms with Crippen molar-refractivity contribution in [3.8, 4) is 0 Å². The van der Waals surface area contributed by atoms with E-state index in [4.69, 9.17) is 0 Å². The Kier molecular flexibility index (Phi) is 8.42. The van der Waals surface area contributed by atoms with Crippen LogP contribution in [0, 0.1) is 6.92 Å². The molecule has 0 bridgehead atoms. The number of sulfonamides is 1. The maximum atomic E-state index is 12.3. The van der Waals surface area contributed by atoms with E-state index in [0.29, 0.717) is 0 Å². The van der Waals surface area contributed by atoms with Gasteiger partial charge in [-0.15, -0.1) is 0 Å². The van der Waals surface area contributed by atoms with Gasteiger partial charge in [0.25, 0.3) is 10.0 Å². The average molecular weight is 381 g/mol. The van der Waals surface area contributed by atoms with Crippen molar-refractivity contribution in [1.82, 2.24) is 10.0 Å². The predicted octanol–water partition coefficient (Wildman–Crippen LogP) is 4.66. The number of nitrogens with one attached hydrogen (secondary N) is 2. The van der Waals surface area contributed by atoms with Crippen LogP contribution in [0.3, 0.4) is 0 Å². The SMILES string of the molecule is Cc1ccc(S(=O)(=O)NC(=O)NC2CCCCCCCCCCC2)cc1. The molecule has 2 amide bonds. The van der Waals surface area contributed by atoms with Crippen LogP contribution >= 0.6 is 0 Å². The Morgan fingerprint density at radius 2 is 1.31 bits per heavy atom. The Bertz CT molecular complexity index is 644. The number of carbonyl (C=O) groups excluding carboxylic acids is 1. The second kappa shape index (κ2) is 10.6. The number of rotatable bonds is 3. The summed E-state index contributed by atoms with van der Waals surface area (Å²) in [7, 11) is -3.83. The van der Waals surface area contributed by atoms with Crippen LogP contribution in [0.5, 0.6) is 0 Å². The number of benzene rings is 1. The average Bonchev–Trinajstić information content (AvgIpc) is 2.57. The summed E-state index contributed by atoms with van der Waals surface area (Å²) >= 11 is 0. The molecule has 0 aromatic heterocycles.